The van der Waals surface area contributed by atoms with Crippen LogP contribution in [0.15, 0.2) is 78.9 Å². The molecule has 0 radical (unpaired) electrons. The van der Waals surface area contributed by atoms with Gasteiger partial charge in [0, 0.05) is 25.3 Å². The summed E-state index contributed by atoms with van der Waals surface area (Å²) in [7, 11) is 1.61. The van der Waals surface area contributed by atoms with Crippen molar-refractivity contribution < 1.29 is 18.7 Å². The molecule has 0 unspecified atom stereocenters. The summed E-state index contributed by atoms with van der Waals surface area (Å²) in [4.78, 5) is 25.6. The first-order valence-electron chi connectivity index (χ1n) is 13.0. The van der Waals surface area contributed by atoms with E-state index in [4.69, 9.17) is 32.7 Å². The first-order valence-corrected chi connectivity index (χ1v) is 13.8. The standard InChI is InChI=1S/C31H24Cl2FN5O3/c1-41-13-12-39-26-11-10-20(42-17-18-6-3-2-4-7-18)16-24(26)36-31(39)38-30(40)19-14-22(33)28-25(15-19)35-29(37-28)27-21(32)8-5-9-23(27)34/h2-11,14-16H,12-13,17H2,1H3,(H,35,37)(H,36,38,40). The molecule has 0 saturated carbocycles. The van der Waals surface area contributed by atoms with E-state index in [0.29, 0.717) is 48.0 Å². The number of hydrogen-bond donors (Lipinski definition) is 2. The Balaban J connectivity index is 1.29. The van der Waals surface area contributed by atoms with Crippen LogP contribution in [0.2, 0.25) is 10.0 Å². The van der Waals surface area contributed by atoms with Crippen LogP contribution in [-0.4, -0.2) is 39.1 Å². The molecule has 11 heteroatoms. The quantitative estimate of drug-likeness (QED) is 0.178. The van der Waals surface area contributed by atoms with Gasteiger partial charge in [-0.25, -0.2) is 14.4 Å². The van der Waals surface area contributed by atoms with E-state index in [0.717, 1.165) is 11.1 Å². The Morgan fingerprint density at radius 2 is 1.83 bits per heavy atom. The number of aromatic amines is 1. The monoisotopic (exact) mass is 603 g/mol. The Morgan fingerprint density at radius 1 is 1.00 bits per heavy atom. The molecule has 2 N–H and O–H groups in total. The molecule has 2 heterocycles. The lowest BCUT2D eigenvalue weighted by Crippen LogP contribution is -2.17. The van der Waals surface area contributed by atoms with Crippen LogP contribution in [0.25, 0.3) is 33.5 Å². The van der Waals surface area contributed by atoms with Crippen LogP contribution in [0.5, 0.6) is 5.75 Å². The van der Waals surface area contributed by atoms with Gasteiger partial charge in [-0.3, -0.25) is 10.1 Å². The Kier molecular flexibility index (Phi) is 7.80. The molecule has 0 saturated heterocycles. The predicted octanol–water partition coefficient (Wildman–Crippen LogP) is 7.50. The van der Waals surface area contributed by atoms with Gasteiger partial charge in [0.15, 0.2) is 0 Å². The number of ether oxygens (including phenoxy) is 2. The maximum atomic E-state index is 14.5. The minimum atomic E-state index is -0.528. The van der Waals surface area contributed by atoms with E-state index in [2.05, 4.69) is 20.3 Å². The second-order valence-corrected chi connectivity index (χ2v) is 10.3. The van der Waals surface area contributed by atoms with Crippen LogP contribution in [0.4, 0.5) is 10.3 Å². The number of rotatable bonds is 9. The van der Waals surface area contributed by atoms with E-state index in [-0.39, 0.29) is 27.0 Å². The van der Waals surface area contributed by atoms with Crippen molar-refractivity contribution >= 4 is 57.1 Å². The summed E-state index contributed by atoms with van der Waals surface area (Å²) >= 11 is 12.7. The summed E-state index contributed by atoms with van der Waals surface area (Å²) in [5.41, 5.74) is 3.74. The second-order valence-electron chi connectivity index (χ2n) is 9.50. The SMILES string of the molecule is COCCn1c(NC(=O)c2cc(Cl)c3nc(-c4c(F)cccc4Cl)[nH]c3c2)nc2cc(OCc3ccccc3)ccc21. The van der Waals surface area contributed by atoms with Gasteiger partial charge in [0.05, 0.1) is 38.8 Å². The van der Waals surface area contributed by atoms with Gasteiger partial charge in [0.1, 0.15) is 29.5 Å². The second kappa shape index (κ2) is 11.8. The highest BCUT2D eigenvalue weighted by molar-refractivity contribution is 6.36. The molecule has 4 aromatic carbocycles. The number of imidazole rings is 2. The van der Waals surface area contributed by atoms with Crippen LogP contribution in [-0.2, 0) is 17.9 Å². The lowest BCUT2D eigenvalue weighted by Gasteiger charge is -2.10. The number of hydrogen-bond acceptors (Lipinski definition) is 5. The molecule has 0 atom stereocenters. The van der Waals surface area contributed by atoms with Crippen LogP contribution in [0, 0.1) is 5.82 Å². The van der Waals surface area contributed by atoms with Crippen molar-refractivity contribution in [1.29, 1.82) is 0 Å². The maximum Gasteiger partial charge on any atom is 0.258 e. The van der Waals surface area contributed by atoms with Crippen molar-refractivity contribution in [2.24, 2.45) is 0 Å². The highest BCUT2D eigenvalue weighted by Crippen LogP contribution is 2.33. The molecule has 6 aromatic rings. The fourth-order valence-corrected chi connectivity index (χ4v) is 5.18. The number of fused-ring (bicyclic) bond motifs is 2. The molecule has 6 rings (SSSR count). The van der Waals surface area contributed by atoms with Crippen molar-refractivity contribution in [1.82, 2.24) is 19.5 Å². The molecular weight excluding hydrogens is 580 g/mol. The first kappa shape index (κ1) is 27.7. The zero-order valence-corrected chi connectivity index (χ0v) is 23.8. The number of carbonyl (C=O) groups is 1. The predicted molar refractivity (Wildman–Crippen MR) is 162 cm³/mol. The van der Waals surface area contributed by atoms with E-state index >= 15 is 0 Å². The fraction of sp³-hybridized carbons (Fsp3) is 0.129. The van der Waals surface area contributed by atoms with E-state index in [1.807, 2.05) is 53.1 Å². The Labute approximate surface area is 250 Å². The number of carbonyl (C=O) groups excluding carboxylic acids is 1. The molecule has 0 aliphatic heterocycles. The summed E-state index contributed by atoms with van der Waals surface area (Å²) in [6.07, 6.45) is 0. The lowest BCUT2D eigenvalue weighted by molar-refractivity contribution is 0.102. The number of methoxy groups -OCH3 is 1. The van der Waals surface area contributed by atoms with Gasteiger partial charge in [-0.1, -0.05) is 59.6 Å². The van der Waals surface area contributed by atoms with Crippen LogP contribution in [0.1, 0.15) is 15.9 Å². The fourth-order valence-electron chi connectivity index (χ4n) is 4.67. The number of H-pyrrole nitrogens is 1. The smallest absolute Gasteiger partial charge is 0.258 e. The maximum absolute atomic E-state index is 14.5. The average molecular weight is 604 g/mol. The molecule has 1 amide bonds. The van der Waals surface area contributed by atoms with Crippen LogP contribution < -0.4 is 10.1 Å². The normalized spacial score (nSPS) is 11.3. The van der Waals surface area contributed by atoms with Gasteiger partial charge >= 0.3 is 0 Å². The van der Waals surface area contributed by atoms with Crippen molar-refractivity contribution in [2.45, 2.75) is 13.2 Å². The van der Waals surface area contributed by atoms with Gasteiger partial charge in [-0.2, -0.15) is 0 Å². The summed E-state index contributed by atoms with van der Waals surface area (Å²) in [6, 6.07) is 22.9. The summed E-state index contributed by atoms with van der Waals surface area (Å²) in [5, 5.41) is 3.32. The topological polar surface area (TPSA) is 94.1 Å². The van der Waals surface area contributed by atoms with Crippen molar-refractivity contribution in [3.05, 3.63) is 106 Å². The van der Waals surface area contributed by atoms with Crippen molar-refractivity contribution in [3.8, 4) is 17.1 Å². The Morgan fingerprint density at radius 3 is 2.62 bits per heavy atom. The molecule has 212 valence electrons. The molecule has 0 aliphatic carbocycles. The number of amides is 1. The number of anilines is 1. The number of aromatic nitrogens is 4. The number of nitrogens with one attached hydrogen (secondary N) is 2. The molecule has 0 fully saturated rings. The lowest BCUT2D eigenvalue weighted by atomic mass is 10.2. The third-order valence-corrected chi connectivity index (χ3v) is 7.32. The van der Waals surface area contributed by atoms with Crippen LogP contribution >= 0.6 is 23.2 Å². The largest absolute Gasteiger partial charge is 0.489 e. The van der Waals surface area contributed by atoms with Gasteiger partial charge < -0.3 is 19.0 Å². The highest BCUT2D eigenvalue weighted by atomic mass is 35.5. The zero-order valence-electron chi connectivity index (χ0n) is 22.3. The van der Waals surface area contributed by atoms with E-state index in [1.165, 1.54) is 18.2 Å². The Hall–Kier alpha value is -4.44. The van der Waals surface area contributed by atoms with Gasteiger partial charge in [-0.05, 0) is 42.0 Å². The third kappa shape index (κ3) is 5.54. The molecule has 42 heavy (non-hydrogen) atoms. The van der Waals surface area contributed by atoms with Gasteiger partial charge in [0.25, 0.3) is 5.91 Å². The van der Waals surface area contributed by atoms with Gasteiger partial charge in [-0.15, -0.1) is 0 Å². The Bertz CT molecular complexity index is 1900. The summed E-state index contributed by atoms with van der Waals surface area (Å²) < 4.78 is 27.6. The number of nitrogens with zero attached hydrogens (tertiary/aromatic N) is 3. The van der Waals surface area contributed by atoms with Gasteiger partial charge in [0.2, 0.25) is 5.95 Å². The summed E-state index contributed by atoms with van der Waals surface area (Å²) in [6.45, 7) is 1.29. The molecule has 2 aromatic heterocycles. The number of benzene rings is 4. The highest BCUT2D eigenvalue weighted by Gasteiger charge is 2.19. The van der Waals surface area contributed by atoms with E-state index in [9.17, 15) is 9.18 Å². The van der Waals surface area contributed by atoms with E-state index < -0.39 is 11.7 Å². The minimum Gasteiger partial charge on any atom is -0.489 e. The zero-order chi connectivity index (χ0) is 29.2. The molecule has 8 nitrogen and oxygen atoms in total. The minimum absolute atomic E-state index is 0.122. The molecular formula is C31H24Cl2FN5O3. The first-order chi connectivity index (χ1) is 20.4. The average Bonchev–Trinajstić information content (AvgIpc) is 3.56. The van der Waals surface area contributed by atoms with Crippen LogP contribution in [0.3, 0.4) is 0 Å². The molecule has 0 bridgehead atoms. The van der Waals surface area contributed by atoms with Crippen molar-refractivity contribution in [3.63, 3.8) is 0 Å². The molecule has 0 spiro atoms. The van der Waals surface area contributed by atoms with Crippen molar-refractivity contribution in [2.75, 3.05) is 19.0 Å². The third-order valence-electron chi connectivity index (χ3n) is 6.71. The van der Waals surface area contributed by atoms with E-state index in [1.54, 1.807) is 19.2 Å². The summed E-state index contributed by atoms with van der Waals surface area (Å²) in [5.74, 6) is 0.238. The number of halogens is 3. The molecule has 0 aliphatic rings.